The molecule has 0 atom stereocenters. The van der Waals surface area contributed by atoms with Crippen LogP contribution in [0.1, 0.15) is 16.7 Å². The molecule has 82 valence electrons. The number of hydrogen-bond donors (Lipinski definition) is 1. The third kappa shape index (κ3) is 1.76. The van der Waals surface area contributed by atoms with Crippen molar-refractivity contribution in [2.75, 3.05) is 0 Å². The lowest BCUT2D eigenvalue weighted by Gasteiger charge is -2.06. The summed E-state index contributed by atoms with van der Waals surface area (Å²) < 4.78 is 0. The number of hydrogen-bond acceptors (Lipinski definition) is 2. The van der Waals surface area contributed by atoms with E-state index in [1.165, 1.54) is 17.5 Å². The lowest BCUT2D eigenvalue weighted by Crippen LogP contribution is -2.11. The van der Waals surface area contributed by atoms with E-state index in [0.717, 1.165) is 11.3 Å². The number of nitrogens with one attached hydrogen (secondary N) is 1. The van der Waals surface area contributed by atoms with Crippen molar-refractivity contribution in [3.63, 3.8) is 0 Å². The molecule has 2 rings (SSSR count). The Hall–Kier alpha value is -1.90. The van der Waals surface area contributed by atoms with Crippen molar-refractivity contribution in [1.82, 2.24) is 9.97 Å². The Bertz CT molecular complexity index is 585. The maximum absolute atomic E-state index is 11.5. The number of aromatic nitrogens is 2. The van der Waals surface area contributed by atoms with Crippen LogP contribution in [0, 0.1) is 20.8 Å². The van der Waals surface area contributed by atoms with Gasteiger partial charge in [0, 0.05) is 11.1 Å². The van der Waals surface area contributed by atoms with Crippen molar-refractivity contribution in [1.29, 1.82) is 0 Å². The Morgan fingerprint density at radius 2 is 1.88 bits per heavy atom. The maximum atomic E-state index is 11.5. The fraction of sp³-hybridized carbons (Fsp3) is 0.231. The maximum Gasteiger partial charge on any atom is 0.254 e. The molecule has 0 aliphatic rings. The molecule has 3 nitrogen and oxygen atoms in total. The molecule has 16 heavy (non-hydrogen) atoms. The first-order chi connectivity index (χ1) is 7.59. The molecule has 0 radical (unpaired) electrons. The molecule has 2 aromatic rings. The Labute approximate surface area is 94.2 Å². The zero-order chi connectivity index (χ0) is 11.7. The Morgan fingerprint density at radius 3 is 2.56 bits per heavy atom. The number of H-pyrrole nitrogens is 1. The van der Waals surface area contributed by atoms with E-state index in [1.807, 2.05) is 12.1 Å². The SMILES string of the molecule is Cc1ccc(-c2nc[nH]c(=O)c2C)cc1C. The van der Waals surface area contributed by atoms with Crippen LogP contribution in [0.25, 0.3) is 11.3 Å². The molecular formula is C13H14N2O. The van der Waals surface area contributed by atoms with Crippen LogP contribution in [-0.2, 0) is 0 Å². The van der Waals surface area contributed by atoms with Gasteiger partial charge in [0.05, 0.1) is 12.0 Å². The lowest BCUT2D eigenvalue weighted by molar-refractivity contribution is 1.08. The molecular weight excluding hydrogens is 200 g/mol. The van der Waals surface area contributed by atoms with E-state index in [9.17, 15) is 4.79 Å². The monoisotopic (exact) mass is 214 g/mol. The summed E-state index contributed by atoms with van der Waals surface area (Å²) in [6.07, 6.45) is 1.44. The van der Waals surface area contributed by atoms with E-state index >= 15 is 0 Å². The molecule has 1 aromatic heterocycles. The second-order valence-electron chi connectivity index (χ2n) is 4.00. The zero-order valence-electron chi connectivity index (χ0n) is 9.66. The summed E-state index contributed by atoms with van der Waals surface area (Å²) in [7, 11) is 0. The van der Waals surface area contributed by atoms with E-state index in [-0.39, 0.29) is 5.56 Å². The van der Waals surface area contributed by atoms with E-state index < -0.39 is 0 Å². The van der Waals surface area contributed by atoms with Crippen molar-refractivity contribution in [2.45, 2.75) is 20.8 Å². The van der Waals surface area contributed by atoms with Gasteiger partial charge in [-0.05, 0) is 38.0 Å². The average molecular weight is 214 g/mol. The van der Waals surface area contributed by atoms with Gasteiger partial charge in [-0.1, -0.05) is 12.1 Å². The fourth-order valence-electron chi connectivity index (χ4n) is 1.65. The molecule has 1 heterocycles. The van der Waals surface area contributed by atoms with Crippen molar-refractivity contribution in [2.24, 2.45) is 0 Å². The van der Waals surface area contributed by atoms with E-state index in [1.54, 1.807) is 6.92 Å². The second-order valence-corrected chi connectivity index (χ2v) is 4.00. The number of aromatic amines is 1. The first kappa shape index (κ1) is 10.6. The fourth-order valence-corrected chi connectivity index (χ4v) is 1.65. The molecule has 1 aromatic carbocycles. The minimum Gasteiger partial charge on any atom is -0.313 e. The predicted molar refractivity (Wildman–Crippen MR) is 64.5 cm³/mol. The van der Waals surface area contributed by atoms with Crippen molar-refractivity contribution >= 4 is 0 Å². The standard InChI is InChI=1S/C13H14N2O/c1-8-4-5-11(6-9(8)2)12-10(3)13(16)15-7-14-12/h4-7H,1-3H3,(H,14,15,16). The highest BCUT2D eigenvalue weighted by Gasteiger charge is 2.06. The molecule has 0 saturated heterocycles. The minimum absolute atomic E-state index is 0.0803. The molecule has 0 aliphatic carbocycles. The van der Waals surface area contributed by atoms with Gasteiger partial charge in [-0.2, -0.15) is 0 Å². The lowest BCUT2D eigenvalue weighted by atomic mass is 10.0. The summed E-state index contributed by atoms with van der Waals surface area (Å²) in [4.78, 5) is 18.3. The molecule has 0 saturated carbocycles. The summed E-state index contributed by atoms with van der Waals surface area (Å²) in [6.45, 7) is 5.91. The molecule has 0 bridgehead atoms. The van der Waals surface area contributed by atoms with E-state index in [4.69, 9.17) is 0 Å². The quantitative estimate of drug-likeness (QED) is 0.792. The summed E-state index contributed by atoms with van der Waals surface area (Å²) >= 11 is 0. The van der Waals surface area contributed by atoms with Crippen molar-refractivity contribution in [3.05, 3.63) is 51.6 Å². The average Bonchev–Trinajstić information content (AvgIpc) is 2.26. The number of aryl methyl sites for hydroxylation is 2. The van der Waals surface area contributed by atoms with Crippen LogP contribution in [-0.4, -0.2) is 9.97 Å². The van der Waals surface area contributed by atoms with Gasteiger partial charge in [0.15, 0.2) is 0 Å². The van der Waals surface area contributed by atoms with Gasteiger partial charge in [0.25, 0.3) is 5.56 Å². The van der Waals surface area contributed by atoms with Gasteiger partial charge in [-0.15, -0.1) is 0 Å². The van der Waals surface area contributed by atoms with Crippen LogP contribution in [0.15, 0.2) is 29.3 Å². The second kappa shape index (κ2) is 3.93. The van der Waals surface area contributed by atoms with Gasteiger partial charge >= 0.3 is 0 Å². The molecule has 1 N–H and O–H groups in total. The van der Waals surface area contributed by atoms with Crippen LogP contribution in [0.2, 0.25) is 0 Å². The zero-order valence-corrected chi connectivity index (χ0v) is 9.66. The largest absolute Gasteiger partial charge is 0.313 e. The van der Waals surface area contributed by atoms with Gasteiger partial charge in [-0.25, -0.2) is 4.98 Å². The molecule has 0 unspecified atom stereocenters. The third-order valence-corrected chi connectivity index (χ3v) is 2.87. The number of benzene rings is 1. The Morgan fingerprint density at radius 1 is 1.12 bits per heavy atom. The van der Waals surface area contributed by atoms with E-state index in [2.05, 4.69) is 29.9 Å². The van der Waals surface area contributed by atoms with Gasteiger partial charge in [0.1, 0.15) is 0 Å². The predicted octanol–water partition coefficient (Wildman–Crippen LogP) is 2.36. The Balaban J connectivity index is 2.63. The molecule has 0 amide bonds. The normalized spacial score (nSPS) is 10.4. The number of rotatable bonds is 1. The van der Waals surface area contributed by atoms with Crippen LogP contribution in [0.5, 0.6) is 0 Å². The van der Waals surface area contributed by atoms with Gasteiger partial charge in [0.2, 0.25) is 0 Å². The number of nitrogens with zero attached hydrogens (tertiary/aromatic N) is 1. The van der Waals surface area contributed by atoms with Gasteiger partial charge in [-0.3, -0.25) is 4.79 Å². The summed E-state index contributed by atoms with van der Waals surface area (Å²) in [5.74, 6) is 0. The van der Waals surface area contributed by atoms with Crippen LogP contribution in [0.4, 0.5) is 0 Å². The molecule has 0 spiro atoms. The highest BCUT2D eigenvalue weighted by molar-refractivity contribution is 5.63. The van der Waals surface area contributed by atoms with Crippen molar-refractivity contribution < 1.29 is 0 Å². The summed E-state index contributed by atoms with van der Waals surface area (Å²) in [5, 5.41) is 0. The highest BCUT2D eigenvalue weighted by Crippen LogP contribution is 2.20. The minimum atomic E-state index is -0.0803. The Kier molecular flexibility index (Phi) is 2.60. The smallest absolute Gasteiger partial charge is 0.254 e. The first-order valence-electron chi connectivity index (χ1n) is 5.21. The van der Waals surface area contributed by atoms with Crippen LogP contribution < -0.4 is 5.56 Å². The summed E-state index contributed by atoms with van der Waals surface area (Å²) in [5.41, 5.74) is 4.78. The molecule has 3 heteroatoms. The highest BCUT2D eigenvalue weighted by atomic mass is 16.1. The van der Waals surface area contributed by atoms with Crippen LogP contribution in [0.3, 0.4) is 0 Å². The summed E-state index contributed by atoms with van der Waals surface area (Å²) in [6, 6.07) is 6.11. The molecule has 0 fully saturated rings. The first-order valence-corrected chi connectivity index (χ1v) is 5.21. The molecule has 0 aliphatic heterocycles. The van der Waals surface area contributed by atoms with Crippen LogP contribution >= 0.6 is 0 Å². The van der Waals surface area contributed by atoms with E-state index in [0.29, 0.717) is 5.56 Å². The van der Waals surface area contributed by atoms with Crippen molar-refractivity contribution in [3.8, 4) is 11.3 Å². The third-order valence-electron chi connectivity index (χ3n) is 2.87. The van der Waals surface area contributed by atoms with Gasteiger partial charge < -0.3 is 4.98 Å². The topological polar surface area (TPSA) is 45.8 Å².